The summed E-state index contributed by atoms with van der Waals surface area (Å²) in [6.07, 6.45) is 1.91. The number of amides is 1. The summed E-state index contributed by atoms with van der Waals surface area (Å²) < 4.78 is 12.0. The maximum atomic E-state index is 12.2. The molecule has 0 N–H and O–H groups in total. The predicted molar refractivity (Wildman–Crippen MR) is 133 cm³/mol. The second-order valence-electron chi connectivity index (χ2n) is 8.90. The van der Waals surface area contributed by atoms with Crippen molar-refractivity contribution in [1.29, 1.82) is 0 Å². The molecule has 178 valence electrons. The van der Waals surface area contributed by atoms with Crippen LogP contribution in [-0.2, 0) is 17.9 Å². The van der Waals surface area contributed by atoms with E-state index in [9.17, 15) is 4.79 Å². The molecule has 0 bridgehead atoms. The lowest BCUT2D eigenvalue weighted by Crippen LogP contribution is -2.49. The molecule has 1 fully saturated rings. The number of carbonyl (C=O) groups excluding carboxylic acids is 1. The van der Waals surface area contributed by atoms with E-state index in [0.717, 1.165) is 42.4 Å². The van der Waals surface area contributed by atoms with E-state index in [1.807, 2.05) is 67.3 Å². The van der Waals surface area contributed by atoms with Gasteiger partial charge in [-0.2, -0.15) is 0 Å². The Labute approximate surface area is 202 Å². The number of piperazine rings is 1. The summed E-state index contributed by atoms with van der Waals surface area (Å²) in [5.41, 5.74) is 3.20. The molecule has 1 aromatic heterocycles. The van der Waals surface area contributed by atoms with Gasteiger partial charge in [-0.15, -0.1) is 0 Å². The lowest BCUT2D eigenvalue weighted by Gasteiger charge is -2.41. The van der Waals surface area contributed by atoms with Gasteiger partial charge in [0.2, 0.25) is 5.91 Å². The van der Waals surface area contributed by atoms with Crippen LogP contribution in [0.3, 0.4) is 0 Å². The molecule has 0 radical (unpaired) electrons. The lowest BCUT2D eigenvalue weighted by atomic mass is 10.0. The summed E-state index contributed by atoms with van der Waals surface area (Å²) in [5, 5.41) is 0. The third-order valence-corrected chi connectivity index (χ3v) is 6.02. The standard InChI is InChI=1S/C28H33N3O3/c1-21(2)34-26-13-11-23(12-14-26)27-19-30(22(3)32)16-17-31(27)18-24-8-4-5-10-28(24)33-20-25-9-6-7-15-29-25/h4-15,21,27H,16-20H2,1-3H3/t27-/m0/s1. The van der Waals surface area contributed by atoms with Crippen molar-refractivity contribution >= 4 is 5.91 Å². The van der Waals surface area contributed by atoms with Gasteiger partial charge in [0.05, 0.1) is 17.8 Å². The van der Waals surface area contributed by atoms with Crippen molar-refractivity contribution in [3.05, 3.63) is 89.7 Å². The number of hydrogen-bond acceptors (Lipinski definition) is 5. The van der Waals surface area contributed by atoms with Gasteiger partial charge in [-0.05, 0) is 49.7 Å². The predicted octanol–water partition coefficient (Wildman–Crippen LogP) is 4.85. The Morgan fingerprint density at radius 1 is 1.03 bits per heavy atom. The van der Waals surface area contributed by atoms with E-state index in [1.165, 1.54) is 5.56 Å². The topological polar surface area (TPSA) is 54.9 Å². The molecule has 2 heterocycles. The SMILES string of the molecule is CC(=O)N1CCN(Cc2ccccc2OCc2ccccn2)[C@H](c2ccc(OC(C)C)cc2)C1. The van der Waals surface area contributed by atoms with Crippen LogP contribution in [0.1, 0.15) is 43.6 Å². The number of carbonyl (C=O) groups is 1. The van der Waals surface area contributed by atoms with Gasteiger partial charge in [-0.3, -0.25) is 14.7 Å². The summed E-state index contributed by atoms with van der Waals surface area (Å²) >= 11 is 0. The molecular weight excluding hydrogens is 426 g/mol. The Bertz CT molecular complexity index is 1070. The smallest absolute Gasteiger partial charge is 0.219 e. The summed E-state index contributed by atoms with van der Waals surface area (Å²) in [5.74, 6) is 1.84. The fourth-order valence-corrected chi connectivity index (χ4v) is 4.28. The van der Waals surface area contributed by atoms with Gasteiger partial charge in [0.1, 0.15) is 18.1 Å². The molecule has 6 heteroatoms. The zero-order valence-corrected chi connectivity index (χ0v) is 20.2. The third-order valence-electron chi connectivity index (χ3n) is 6.02. The van der Waals surface area contributed by atoms with Crippen LogP contribution in [0.25, 0.3) is 0 Å². The number of ether oxygens (including phenoxy) is 2. The van der Waals surface area contributed by atoms with Gasteiger partial charge in [-0.1, -0.05) is 36.4 Å². The second-order valence-corrected chi connectivity index (χ2v) is 8.90. The average molecular weight is 460 g/mol. The van der Waals surface area contributed by atoms with E-state index in [2.05, 4.69) is 28.1 Å². The van der Waals surface area contributed by atoms with Crippen LogP contribution in [-0.4, -0.2) is 46.4 Å². The molecule has 0 saturated carbocycles. The van der Waals surface area contributed by atoms with Crippen molar-refractivity contribution in [2.75, 3.05) is 19.6 Å². The molecule has 34 heavy (non-hydrogen) atoms. The molecule has 0 aliphatic carbocycles. The van der Waals surface area contributed by atoms with Crippen molar-refractivity contribution < 1.29 is 14.3 Å². The summed E-state index contributed by atoms with van der Waals surface area (Å²) in [4.78, 5) is 20.9. The minimum Gasteiger partial charge on any atom is -0.491 e. The van der Waals surface area contributed by atoms with Gasteiger partial charge >= 0.3 is 0 Å². The fourth-order valence-electron chi connectivity index (χ4n) is 4.28. The van der Waals surface area contributed by atoms with Crippen molar-refractivity contribution in [3.63, 3.8) is 0 Å². The lowest BCUT2D eigenvalue weighted by molar-refractivity contribution is -0.132. The Kier molecular flexibility index (Phi) is 7.80. The molecule has 1 saturated heterocycles. The molecule has 1 aliphatic heterocycles. The van der Waals surface area contributed by atoms with Gasteiger partial charge in [0.15, 0.2) is 0 Å². The van der Waals surface area contributed by atoms with Gasteiger partial charge in [-0.25, -0.2) is 0 Å². The summed E-state index contributed by atoms with van der Waals surface area (Å²) in [6, 6.07) is 22.4. The highest BCUT2D eigenvalue weighted by Crippen LogP contribution is 2.31. The van der Waals surface area contributed by atoms with Gasteiger partial charge in [0.25, 0.3) is 0 Å². The Balaban J connectivity index is 1.53. The van der Waals surface area contributed by atoms with Crippen molar-refractivity contribution in [2.45, 2.75) is 46.1 Å². The molecular formula is C28H33N3O3. The number of hydrogen-bond donors (Lipinski definition) is 0. The van der Waals surface area contributed by atoms with Crippen LogP contribution in [0, 0.1) is 0 Å². The van der Waals surface area contributed by atoms with Crippen LogP contribution in [0.2, 0.25) is 0 Å². The van der Waals surface area contributed by atoms with E-state index in [4.69, 9.17) is 9.47 Å². The van der Waals surface area contributed by atoms with Crippen LogP contribution in [0.5, 0.6) is 11.5 Å². The number of benzene rings is 2. The monoisotopic (exact) mass is 459 g/mol. The first-order valence-electron chi connectivity index (χ1n) is 11.9. The molecule has 4 rings (SSSR count). The van der Waals surface area contributed by atoms with Gasteiger partial charge < -0.3 is 14.4 Å². The summed E-state index contributed by atoms with van der Waals surface area (Å²) in [7, 11) is 0. The first-order chi connectivity index (χ1) is 16.5. The zero-order valence-electron chi connectivity index (χ0n) is 20.2. The number of para-hydroxylation sites is 1. The van der Waals surface area contributed by atoms with E-state index in [-0.39, 0.29) is 18.1 Å². The van der Waals surface area contributed by atoms with Crippen molar-refractivity contribution in [3.8, 4) is 11.5 Å². The minimum absolute atomic E-state index is 0.0922. The zero-order chi connectivity index (χ0) is 23.9. The van der Waals surface area contributed by atoms with Crippen LogP contribution in [0.4, 0.5) is 0 Å². The molecule has 1 aliphatic rings. The molecule has 2 aromatic carbocycles. The summed E-state index contributed by atoms with van der Waals surface area (Å²) in [6.45, 7) is 9.03. The number of rotatable bonds is 8. The normalized spacial score (nSPS) is 16.5. The number of pyridine rings is 1. The highest BCUT2D eigenvalue weighted by atomic mass is 16.5. The highest BCUT2D eigenvalue weighted by molar-refractivity contribution is 5.73. The first-order valence-corrected chi connectivity index (χ1v) is 11.9. The molecule has 3 aromatic rings. The molecule has 0 spiro atoms. The Morgan fingerprint density at radius 3 is 2.50 bits per heavy atom. The minimum atomic E-state index is 0.0922. The number of nitrogens with zero attached hydrogens (tertiary/aromatic N) is 3. The maximum Gasteiger partial charge on any atom is 0.219 e. The van der Waals surface area contributed by atoms with E-state index in [1.54, 1.807) is 13.1 Å². The number of aromatic nitrogens is 1. The van der Waals surface area contributed by atoms with E-state index in [0.29, 0.717) is 13.2 Å². The highest BCUT2D eigenvalue weighted by Gasteiger charge is 2.30. The maximum absolute atomic E-state index is 12.2. The molecule has 6 nitrogen and oxygen atoms in total. The average Bonchev–Trinajstić information content (AvgIpc) is 2.84. The van der Waals surface area contributed by atoms with Crippen molar-refractivity contribution in [2.24, 2.45) is 0 Å². The molecule has 0 unspecified atom stereocenters. The van der Waals surface area contributed by atoms with E-state index >= 15 is 0 Å². The molecule has 1 amide bonds. The second kappa shape index (κ2) is 11.2. The van der Waals surface area contributed by atoms with Crippen LogP contribution in [0.15, 0.2) is 72.9 Å². The fraction of sp³-hybridized carbons (Fsp3) is 0.357. The van der Waals surface area contributed by atoms with Crippen molar-refractivity contribution in [1.82, 2.24) is 14.8 Å². The van der Waals surface area contributed by atoms with Crippen LogP contribution < -0.4 is 9.47 Å². The van der Waals surface area contributed by atoms with Crippen LogP contribution >= 0.6 is 0 Å². The third kappa shape index (κ3) is 6.14. The Morgan fingerprint density at radius 2 is 1.79 bits per heavy atom. The van der Waals surface area contributed by atoms with Gasteiger partial charge in [0, 0.05) is 44.9 Å². The Hall–Kier alpha value is -3.38. The molecule has 1 atom stereocenters. The van der Waals surface area contributed by atoms with E-state index < -0.39 is 0 Å². The largest absolute Gasteiger partial charge is 0.491 e. The first kappa shape index (κ1) is 23.8. The quantitative estimate of drug-likeness (QED) is 0.482.